The first kappa shape index (κ1) is 28.5. The number of alkyl halides is 1. The van der Waals surface area contributed by atoms with Crippen LogP contribution < -0.4 is 10.5 Å². The summed E-state index contributed by atoms with van der Waals surface area (Å²) in [5.41, 5.74) is 5.70. The van der Waals surface area contributed by atoms with E-state index in [0.717, 1.165) is 11.1 Å². The molecule has 1 aliphatic carbocycles. The molecule has 226 valence electrons. The Morgan fingerprint density at radius 1 is 1.25 bits per heavy atom. The normalized spacial score (nSPS) is 25.5. The summed E-state index contributed by atoms with van der Waals surface area (Å²) in [6.45, 7) is 0. The summed E-state index contributed by atoms with van der Waals surface area (Å²) < 4.78 is 34.6. The van der Waals surface area contributed by atoms with Crippen molar-refractivity contribution in [2.45, 2.75) is 42.2 Å². The summed E-state index contributed by atoms with van der Waals surface area (Å²) in [6.07, 6.45) is -3.19. The maximum atomic E-state index is 16.0. The van der Waals surface area contributed by atoms with Gasteiger partial charge in [-0.15, -0.1) is 11.3 Å². The minimum absolute atomic E-state index is 0.000606. The van der Waals surface area contributed by atoms with Gasteiger partial charge in [-0.05, 0) is 34.9 Å². The Morgan fingerprint density at radius 3 is 2.70 bits per heavy atom. The molecular weight excluding hydrogens is 617 g/mol. The van der Waals surface area contributed by atoms with Gasteiger partial charge in [-0.3, -0.25) is 4.57 Å². The van der Waals surface area contributed by atoms with Gasteiger partial charge in [0.1, 0.15) is 17.7 Å². The van der Waals surface area contributed by atoms with E-state index in [-0.39, 0.29) is 34.4 Å². The summed E-state index contributed by atoms with van der Waals surface area (Å²) >= 11 is 7.12. The number of hydrogen-bond acceptors (Lipinski definition) is 12. The summed E-state index contributed by atoms with van der Waals surface area (Å²) in [5, 5.41) is 23.3. The molecule has 1 unspecified atom stereocenters. The summed E-state index contributed by atoms with van der Waals surface area (Å²) in [4.78, 5) is 33.5. The SMILES string of the molecule is COc1ncccc1-c1ccc(C[C@](OC2[C@H]3O[C@@H](n4cnc5c(N)nc(Cl)nc54)[C@@H](F)[C@@]23O)(C(=O)O)c2cscn2)cc1. The zero-order valence-corrected chi connectivity index (χ0v) is 24.3. The van der Waals surface area contributed by atoms with Crippen molar-refractivity contribution < 1.29 is 33.6 Å². The standard InChI is InChI=1S/C28H23ClFN7O6S/c1-41-23-15(3-2-8-32-23)14-6-4-13(5-7-14)9-27(25(38)39,16-10-44-12-34-16)43-20-19-28(20,40)18(30)24(42-19)37-11-33-17-21(31)35-26(29)36-22(17)37/h2-8,10-12,18-20,24,40H,9H2,1H3,(H,38,39)(H2,31,35,36)/t18-,19-,20?,24-,27-,28+/m1/s1. The average molecular weight is 640 g/mol. The molecule has 1 aliphatic heterocycles. The summed E-state index contributed by atoms with van der Waals surface area (Å²) in [6, 6.07) is 10.8. The largest absolute Gasteiger partial charge is 0.481 e. The minimum atomic E-state index is -2.15. The van der Waals surface area contributed by atoms with Gasteiger partial charge in [0.2, 0.25) is 16.8 Å². The fourth-order valence-corrected chi connectivity index (χ4v) is 6.44. The van der Waals surface area contributed by atoms with Gasteiger partial charge in [0.25, 0.3) is 0 Å². The Labute approximate surface area is 257 Å². The number of imidazole rings is 1. The molecule has 5 heterocycles. The number of hydrogen-bond donors (Lipinski definition) is 3. The van der Waals surface area contributed by atoms with E-state index in [1.807, 2.05) is 18.2 Å². The number of rotatable bonds is 9. The van der Waals surface area contributed by atoms with Crippen LogP contribution in [0.15, 0.2) is 59.8 Å². The van der Waals surface area contributed by atoms with E-state index in [2.05, 4.69) is 24.9 Å². The number of aliphatic carboxylic acids is 1. The quantitative estimate of drug-likeness (QED) is 0.201. The number of carboxylic acids is 1. The third-order valence-electron chi connectivity index (χ3n) is 7.95. The number of aliphatic hydroxyl groups is 1. The van der Waals surface area contributed by atoms with Gasteiger partial charge in [0, 0.05) is 23.6 Å². The summed E-state index contributed by atoms with van der Waals surface area (Å²) in [5.74, 6) is -0.912. The zero-order valence-electron chi connectivity index (χ0n) is 22.7. The molecule has 0 amide bonds. The molecule has 7 rings (SSSR count). The van der Waals surface area contributed by atoms with Gasteiger partial charge in [-0.1, -0.05) is 24.3 Å². The molecule has 2 fully saturated rings. The molecule has 0 bridgehead atoms. The average Bonchev–Trinajstić information content (AvgIpc) is 3.52. The van der Waals surface area contributed by atoms with E-state index in [1.54, 1.807) is 29.8 Å². The Kier molecular flexibility index (Phi) is 6.75. The maximum Gasteiger partial charge on any atom is 0.342 e. The lowest BCUT2D eigenvalue weighted by atomic mass is 9.90. The predicted molar refractivity (Wildman–Crippen MR) is 155 cm³/mol. The predicted octanol–water partition coefficient (Wildman–Crippen LogP) is 3.18. The number of halogens is 2. The van der Waals surface area contributed by atoms with Gasteiger partial charge in [-0.2, -0.15) is 9.97 Å². The van der Waals surface area contributed by atoms with Gasteiger partial charge >= 0.3 is 5.97 Å². The van der Waals surface area contributed by atoms with Crippen molar-refractivity contribution in [1.82, 2.24) is 29.5 Å². The molecule has 1 saturated heterocycles. The number of nitrogens with two attached hydrogens (primary N) is 1. The van der Waals surface area contributed by atoms with Crippen molar-refractivity contribution in [3.63, 3.8) is 0 Å². The van der Waals surface area contributed by atoms with Crippen LogP contribution in [0.2, 0.25) is 5.28 Å². The van der Waals surface area contributed by atoms with E-state index in [4.69, 9.17) is 31.5 Å². The highest BCUT2D eigenvalue weighted by molar-refractivity contribution is 7.07. The first-order chi connectivity index (χ1) is 21.2. The van der Waals surface area contributed by atoms with Crippen molar-refractivity contribution in [3.8, 4) is 17.0 Å². The van der Waals surface area contributed by atoms with E-state index < -0.39 is 41.8 Å². The number of fused-ring (bicyclic) bond motifs is 2. The Morgan fingerprint density at radius 2 is 2.05 bits per heavy atom. The number of aromatic nitrogens is 6. The number of pyridine rings is 1. The van der Waals surface area contributed by atoms with Gasteiger partial charge in [0.05, 0.1) is 24.6 Å². The third kappa shape index (κ3) is 4.30. The van der Waals surface area contributed by atoms with Crippen molar-refractivity contribution in [1.29, 1.82) is 0 Å². The van der Waals surface area contributed by atoms with Crippen molar-refractivity contribution in [2.75, 3.05) is 12.8 Å². The van der Waals surface area contributed by atoms with Crippen LogP contribution in [-0.4, -0.2) is 76.8 Å². The molecule has 4 N–H and O–H groups in total. The number of nitrogens with zero attached hydrogens (tertiary/aromatic N) is 6. The molecule has 44 heavy (non-hydrogen) atoms. The van der Waals surface area contributed by atoms with Crippen LogP contribution in [0.1, 0.15) is 17.5 Å². The second kappa shape index (κ2) is 10.4. The van der Waals surface area contributed by atoms with Crippen LogP contribution in [0, 0.1) is 0 Å². The highest BCUT2D eigenvalue weighted by Gasteiger charge is 2.80. The number of nitrogen functional groups attached to an aromatic ring is 1. The fraction of sp³-hybridized carbons (Fsp3) is 0.286. The molecule has 13 nitrogen and oxygen atoms in total. The monoisotopic (exact) mass is 639 g/mol. The number of benzene rings is 1. The van der Waals surface area contributed by atoms with Gasteiger partial charge in [0.15, 0.2) is 29.5 Å². The summed E-state index contributed by atoms with van der Waals surface area (Å²) in [7, 11) is 1.53. The zero-order chi connectivity index (χ0) is 30.8. The van der Waals surface area contributed by atoms with Crippen molar-refractivity contribution in [3.05, 3.63) is 76.4 Å². The number of anilines is 1. The molecule has 1 aromatic carbocycles. The van der Waals surface area contributed by atoms with E-state index in [0.29, 0.717) is 11.4 Å². The van der Waals surface area contributed by atoms with E-state index in [9.17, 15) is 15.0 Å². The first-order valence-electron chi connectivity index (χ1n) is 13.2. The molecule has 4 aromatic heterocycles. The van der Waals surface area contributed by atoms with Crippen molar-refractivity contribution in [2.24, 2.45) is 0 Å². The van der Waals surface area contributed by atoms with E-state index in [1.165, 1.54) is 34.9 Å². The Balaban J connectivity index is 1.17. The van der Waals surface area contributed by atoms with E-state index >= 15 is 4.39 Å². The molecule has 0 spiro atoms. The van der Waals surface area contributed by atoms with Crippen LogP contribution in [0.3, 0.4) is 0 Å². The number of carbonyl (C=O) groups is 1. The highest BCUT2D eigenvalue weighted by Crippen LogP contribution is 2.58. The lowest BCUT2D eigenvalue weighted by molar-refractivity contribution is -0.183. The Hall–Kier alpha value is -4.28. The van der Waals surface area contributed by atoms with Crippen LogP contribution in [0.25, 0.3) is 22.3 Å². The highest BCUT2D eigenvalue weighted by atomic mass is 35.5. The topological polar surface area (TPSA) is 181 Å². The van der Waals surface area contributed by atoms with Crippen LogP contribution >= 0.6 is 22.9 Å². The number of carboxylic acid groups (broad SMARTS) is 1. The molecule has 6 atom stereocenters. The lowest BCUT2D eigenvalue weighted by Crippen LogP contribution is -2.45. The van der Waals surface area contributed by atoms with Crippen LogP contribution in [0.4, 0.5) is 10.2 Å². The number of ether oxygens (including phenoxy) is 3. The third-order valence-corrected chi connectivity index (χ3v) is 8.71. The molecule has 5 aromatic rings. The second-order valence-electron chi connectivity index (χ2n) is 10.4. The number of methoxy groups -OCH3 is 1. The first-order valence-corrected chi connectivity index (χ1v) is 14.5. The molecule has 1 saturated carbocycles. The van der Waals surface area contributed by atoms with Crippen LogP contribution in [-0.2, 0) is 26.3 Å². The maximum absolute atomic E-state index is 16.0. The van der Waals surface area contributed by atoms with Crippen LogP contribution in [0.5, 0.6) is 5.88 Å². The van der Waals surface area contributed by atoms with Crippen molar-refractivity contribution >= 4 is 45.9 Å². The number of thiazole rings is 1. The second-order valence-corrected chi connectivity index (χ2v) is 11.5. The van der Waals surface area contributed by atoms with Gasteiger partial charge in [-0.25, -0.2) is 24.1 Å². The lowest BCUT2D eigenvalue weighted by Gasteiger charge is -2.31. The smallest absolute Gasteiger partial charge is 0.342 e. The Bertz CT molecular complexity index is 1880. The fourth-order valence-electron chi connectivity index (χ4n) is 5.65. The minimum Gasteiger partial charge on any atom is -0.481 e. The molecular formula is C28H23ClFN7O6S. The molecule has 16 heteroatoms. The molecule has 0 radical (unpaired) electrons. The molecule has 2 aliphatic rings. The van der Waals surface area contributed by atoms with Gasteiger partial charge < -0.3 is 30.2 Å².